The van der Waals surface area contributed by atoms with Crippen LogP contribution in [0.4, 0.5) is 0 Å². The fraction of sp³-hybridized carbons (Fsp3) is 0.458. The molecule has 2 aromatic rings. The Hall–Kier alpha value is -2.49. The molecule has 2 aliphatic heterocycles. The van der Waals surface area contributed by atoms with Crippen LogP contribution in [0.3, 0.4) is 0 Å². The van der Waals surface area contributed by atoms with Crippen molar-refractivity contribution in [3.05, 3.63) is 59.7 Å². The summed E-state index contributed by atoms with van der Waals surface area (Å²) in [6.07, 6.45) is 5.29. The summed E-state index contributed by atoms with van der Waals surface area (Å²) in [5.41, 5.74) is 2.51. The van der Waals surface area contributed by atoms with Crippen molar-refractivity contribution in [1.29, 1.82) is 0 Å². The first kappa shape index (κ1) is 18.9. The second-order valence-corrected chi connectivity index (χ2v) is 7.98. The zero-order chi connectivity index (χ0) is 19.3. The van der Waals surface area contributed by atoms with Crippen molar-refractivity contribution in [3.8, 4) is 11.5 Å². The molecule has 2 aliphatic rings. The Kier molecular flexibility index (Phi) is 5.84. The third-order valence-corrected chi connectivity index (χ3v) is 6.15. The molecule has 0 radical (unpaired) electrons. The molecule has 1 amide bonds. The number of hydrogen-bond donors (Lipinski definition) is 0. The van der Waals surface area contributed by atoms with Crippen molar-refractivity contribution in [2.45, 2.75) is 32.1 Å². The van der Waals surface area contributed by atoms with E-state index in [1.807, 2.05) is 30.3 Å². The zero-order valence-corrected chi connectivity index (χ0v) is 16.6. The third-order valence-electron chi connectivity index (χ3n) is 6.15. The van der Waals surface area contributed by atoms with Gasteiger partial charge in [-0.05, 0) is 67.3 Å². The number of carbonyl (C=O) groups is 1. The standard InChI is InChI=1S/C24H29NO3/c1-27-22-10-8-18(9-11-22)6-7-19-12-14-25(15-13-19)24(26)21-16-20-4-2-3-5-23(20)28-17-21/h2-5,8-11,19,21H,6-7,12-17H2,1H3. The minimum atomic E-state index is -0.0363. The van der Waals surface area contributed by atoms with E-state index in [9.17, 15) is 4.79 Å². The van der Waals surface area contributed by atoms with Crippen LogP contribution in [0.15, 0.2) is 48.5 Å². The van der Waals surface area contributed by atoms with Crippen LogP contribution < -0.4 is 9.47 Å². The highest BCUT2D eigenvalue weighted by molar-refractivity contribution is 5.80. The largest absolute Gasteiger partial charge is 0.497 e. The van der Waals surface area contributed by atoms with Gasteiger partial charge < -0.3 is 14.4 Å². The van der Waals surface area contributed by atoms with E-state index >= 15 is 0 Å². The maximum absolute atomic E-state index is 12.9. The minimum absolute atomic E-state index is 0.0363. The summed E-state index contributed by atoms with van der Waals surface area (Å²) in [6, 6.07) is 16.4. The molecule has 148 valence electrons. The number of nitrogens with zero attached hydrogens (tertiary/aromatic N) is 1. The van der Waals surface area contributed by atoms with Gasteiger partial charge in [-0.3, -0.25) is 4.79 Å². The molecular weight excluding hydrogens is 350 g/mol. The molecule has 0 aliphatic carbocycles. The molecule has 2 heterocycles. The van der Waals surface area contributed by atoms with Gasteiger partial charge in [0.2, 0.25) is 5.91 Å². The van der Waals surface area contributed by atoms with Crippen LogP contribution in [0.1, 0.15) is 30.4 Å². The number of carbonyl (C=O) groups excluding carboxylic acids is 1. The van der Waals surface area contributed by atoms with Gasteiger partial charge in [0.25, 0.3) is 0 Å². The van der Waals surface area contributed by atoms with Crippen molar-refractivity contribution in [2.75, 3.05) is 26.8 Å². The summed E-state index contributed by atoms with van der Waals surface area (Å²) >= 11 is 0. The van der Waals surface area contributed by atoms with E-state index in [1.165, 1.54) is 12.0 Å². The zero-order valence-electron chi connectivity index (χ0n) is 16.6. The molecule has 1 fully saturated rings. The van der Waals surface area contributed by atoms with Crippen LogP contribution in [0.2, 0.25) is 0 Å². The number of fused-ring (bicyclic) bond motifs is 1. The van der Waals surface area contributed by atoms with E-state index in [2.05, 4.69) is 23.1 Å². The molecule has 4 nitrogen and oxygen atoms in total. The van der Waals surface area contributed by atoms with Gasteiger partial charge in [-0.1, -0.05) is 30.3 Å². The fourth-order valence-corrected chi connectivity index (χ4v) is 4.35. The number of amides is 1. The summed E-state index contributed by atoms with van der Waals surface area (Å²) in [5.74, 6) is 2.78. The average Bonchev–Trinajstić information content (AvgIpc) is 2.77. The van der Waals surface area contributed by atoms with Crippen molar-refractivity contribution in [1.82, 2.24) is 4.90 Å². The van der Waals surface area contributed by atoms with E-state index in [-0.39, 0.29) is 11.8 Å². The second kappa shape index (κ2) is 8.68. The minimum Gasteiger partial charge on any atom is -0.497 e. The lowest BCUT2D eigenvalue weighted by molar-refractivity contribution is -0.138. The van der Waals surface area contributed by atoms with Gasteiger partial charge in [-0.15, -0.1) is 0 Å². The molecular formula is C24H29NO3. The van der Waals surface area contributed by atoms with Gasteiger partial charge in [0.05, 0.1) is 13.0 Å². The Bertz CT molecular complexity index is 794. The highest BCUT2D eigenvalue weighted by Gasteiger charge is 2.31. The quantitative estimate of drug-likeness (QED) is 0.784. The molecule has 0 spiro atoms. The lowest BCUT2D eigenvalue weighted by Crippen LogP contribution is -2.44. The van der Waals surface area contributed by atoms with Crippen LogP contribution >= 0.6 is 0 Å². The highest BCUT2D eigenvalue weighted by atomic mass is 16.5. The first-order valence-corrected chi connectivity index (χ1v) is 10.4. The summed E-state index contributed by atoms with van der Waals surface area (Å²) < 4.78 is 11.0. The molecule has 1 saturated heterocycles. The Balaban J connectivity index is 1.24. The van der Waals surface area contributed by atoms with Crippen molar-refractivity contribution >= 4 is 5.91 Å². The van der Waals surface area contributed by atoms with E-state index < -0.39 is 0 Å². The summed E-state index contributed by atoms with van der Waals surface area (Å²) in [5, 5.41) is 0. The maximum Gasteiger partial charge on any atom is 0.229 e. The Morgan fingerprint density at radius 2 is 1.86 bits per heavy atom. The number of ether oxygens (including phenoxy) is 2. The molecule has 0 saturated carbocycles. The number of hydrogen-bond acceptors (Lipinski definition) is 3. The molecule has 0 N–H and O–H groups in total. The number of rotatable bonds is 5. The second-order valence-electron chi connectivity index (χ2n) is 7.98. The van der Waals surface area contributed by atoms with Crippen LogP contribution in [0.5, 0.6) is 11.5 Å². The Labute approximate surface area is 167 Å². The molecule has 1 atom stereocenters. The van der Waals surface area contributed by atoms with Crippen LogP contribution in [0.25, 0.3) is 0 Å². The normalized spacial score (nSPS) is 19.6. The number of likely N-dealkylation sites (tertiary alicyclic amines) is 1. The monoisotopic (exact) mass is 379 g/mol. The predicted molar refractivity (Wildman–Crippen MR) is 110 cm³/mol. The summed E-state index contributed by atoms with van der Waals surface area (Å²) in [7, 11) is 1.70. The van der Waals surface area contributed by atoms with Crippen molar-refractivity contribution in [3.63, 3.8) is 0 Å². The maximum atomic E-state index is 12.9. The number of para-hydroxylation sites is 1. The number of methoxy groups -OCH3 is 1. The first-order chi connectivity index (χ1) is 13.7. The lowest BCUT2D eigenvalue weighted by Gasteiger charge is -2.35. The predicted octanol–water partition coefficient (Wildman–Crippen LogP) is 4.12. The summed E-state index contributed by atoms with van der Waals surface area (Å²) in [6.45, 7) is 2.27. The molecule has 4 rings (SSSR count). The molecule has 0 bridgehead atoms. The van der Waals surface area contributed by atoms with Gasteiger partial charge in [-0.25, -0.2) is 0 Å². The van der Waals surface area contributed by atoms with Gasteiger partial charge in [0, 0.05) is 13.1 Å². The van der Waals surface area contributed by atoms with Gasteiger partial charge in [0.1, 0.15) is 18.1 Å². The smallest absolute Gasteiger partial charge is 0.229 e. The van der Waals surface area contributed by atoms with E-state index in [4.69, 9.17) is 9.47 Å². The van der Waals surface area contributed by atoms with E-state index in [0.717, 1.165) is 55.8 Å². The van der Waals surface area contributed by atoms with E-state index in [0.29, 0.717) is 12.5 Å². The van der Waals surface area contributed by atoms with Crippen LogP contribution in [-0.2, 0) is 17.6 Å². The topological polar surface area (TPSA) is 38.8 Å². The highest BCUT2D eigenvalue weighted by Crippen LogP contribution is 2.29. The molecule has 4 heteroatoms. The lowest BCUT2D eigenvalue weighted by atomic mass is 9.89. The summed E-state index contributed by atoms with van der Waals surface area (Å²) in [4.78, 5) is 15.0. The first-order valence-electron chi connectivity index (χ1n) is 10.4. The number of aryl methyl sites for hydroxylation is 1. The van der Waals surface area contributed by atoms with Gasteiger partial charge in [0.15, 0.2) is 0 Å². The average molecular weight is 380 g/mol. The van der Waals surface area contributed by atoms with Gasteiger partial charge in [-0.2, -0.15) is 0 Å². The Morgan fingerprint density at radius 3 is 2.61 bits per heavy atom. The van der Waals surface area contributed by atoms with E-state index in [1.54, 1.807) is 7.11 Å². The Morgan fingerprint density at radius 1 is 1.11 bits per heavy atom. The molecule has 2 aromatic carbocycles. The molecule has 1 unspecified atom stereocenters. The third kappa shape index (κ3) is 4.32. The molecule has 28 heavy (non-hydrogen) atoms. The van der Waals surface area contributed by atoms with Crippen LogP contribution in [0, 0.1) is 11.8 Å². The van der Waals surface area contributed by atoms with Crippen molar-refractivity contribution < 1.29 is 14.3 Å². The fourth-order valence-electron chi connectivity index (χ4n) is 4.35. The van der Waals surface area contributed by atoms with Crippen molar-refractivity contribution in [2.24, 2.45) is 11.8 Å². The SMILES string of the molecule is COc1ccc(CCC2CCN(C(=O)C3COc4ccccc4C3)CC2)cc1. The molecule has 0 aromatic heterocycles. The van der Waals surface area contributed by atoms with Crippen LogP contribution in [-0.4, -0.2) is 37.6 Å². The van der Waals surface area contributed by atoms with Gasteiger partial charge >= 0.3 is 0 Å². The number of piperidine rings is 1. The number of benzene rings is 2.